The first-order chi connectivity index (χ1) is 51.1. The third-order valence-corrected chi connectivity index (χ3v) is 24.8. The summed E-state index contributed by atoms with van der Waals surface area (Å²) in [5.41, 5.74) is 8.71. The van der Waals surface area contributed by atoms with Gasteiger partial charge in [0.05, 0.1) is 44.7 Å². The Hall–Kier alpha value is -7.79. The number of rotatable bonds is 33. The van der Waals surface area contributed by atoms with Crippen molar-refractivity contribution < 1.29 is 47.5 Å². The van der Waals surface area contributed by atoms with Crippen LogP contribution in [0.25, 0.3) is 16.0 Å². The summed E-state index contributed by atoms with van der Waals surface area (Å²) in [4.78, 5) is 99.3. The summed E-state index contributed by atoms with van der Waals surface area (Å²) >= 11 is 9.57. The maximum atomic E-state index is 14.3. The molecule has 27 heteroatoms. The molecule has 0 spiro atoms. The highest BCUT2D eigenvalue weighted by molar-refractivity contribution is 7.99. The molecule has 6 N–H and O–H groups in total. The van der Waals surface area contributed by atoms with Crippen LogP contribution in [0.4, 0.5) is 17.1 Å². The number of nitro benzene ring substituents is 1. The molecule has 0 radical (unpaired) electrons. The van der Waals surface area contributed by atoms with E-state index in [0.717, 1.165) is 123 Å². The number of aliphatic hydroxyl groups is 2. The number of hydrogen-bond acceptors (Lipinski definition) is 19. The Morgan fingerprint density at radius 2 is 1.51 bits per heavy atom. The first kappa shape index (κ1) is 81.7. The number of unbranched alkanes of at least 4 members (excludes halogenated alkanes) is 3. The Morgan fingerprint density at radius 1 is 0.841 bits per heavy atom. The number of piperazine rings is 2. The van der Waals surface area contributed by atoms with E-state index in [2.05, 4.69) is 59.4 Å². The molecule has 1 aromatic heterocycles. The minimum Gasteiger partial charge on any atom is -0.395 e. The van der Waals surface area contributed by atoms with E-state index in [1.807, 2.05) is 136 Å². The third-order valence-electron chi connectivity index (χ3n) is 21.1. The van der Waals surface area contributed by atoms with Crippen LogP contribution in [0, 0.1) is 27.9 Å². The quantitative estimate of drug-likeness (QED) is 0.00966. The molecule has 107 heavy (non-hydrogen) atoms. The van der Waals surface area contributed by atoms with E-state index in [9.17, 15) is 52.7 Å². The highest BCUT2D eigenvalue weighted by Gasteiger charge is 2.45. The number of thioether (sulfide) groups is 1. The molecule has 5 amide bonds. The molecular formula is C80H105ClN12O11S3. The summed E-state index contributed by atoms with van der Waals surface area (Å²) < 4.78 is 29.5. The molecule has 6 aromatic rings. The van der Waals surface area contributed by atoms with Gasteiger partial charge in [0.2, 0.25) is 23.6 Å². The molecular weight excluding hydrogens is 1440 g/mol. The second-order valence-corrected chi connectivity index (χ2v) is 34.6. The summed E-state index contributed by atoms with van der Waals surface area (Å²) in [5.74, 6) is -1.18. The molecule has 3 fully saturated rings. The fourth-order valence-electron chi connectivity index (χ4n) is 14.9. The number of halogens is 1. The SMILES string of the molecule is Cc1ncsc1-c1ccc([C@H](C)NC(=O)[C@@H]2C[C@@H](O)CN2C(=O)[C@@H](NC(=O)CCCCCCC(=O)N2CCN(C[C@]3(C)CCC(c4ccc(Cl)cc4)=C(CN4CCN(c5ccc(C(=O)NS(=O)(=O)c6ccc(N[C@H](CCN(C)CCO)CSc7ccccc7)c([N+](=O)[O-])c6)cc5)CC4)C3)CC2)C(C)(C)C)cc1. The van der Waals surface area contributed by atoms with Crippen molar-refractivity contribution in [3.8, 4) is 10.4 Å². The number of amides is 5. The van der Waals surface area contributed by atoms with Gasteiger partial charge in [0.1, 0.15) is 17.8 Å². The van der Waals surface area contributed by atoms with Crippen molar-refractivity contribution in [2.75, 3.05) is 115 Å². The number of benzene rings is 5. The number of nitro groups is 1. The summed E-state index contributed by atoms with van der Waals surface area (Å²) in [6.45, 7) is 20.6. The maximum Gasteiger partial charge on any atom is 0.293 e. The van der Waals surface area contributed by atoms with Crippen molar-refractivity contribution in [3.63, 3.8) is 0 Å². The van der Waals surface area contributed by atoms with Crippen LogP contribution < -0.4 is 25.6 Å². The summed E-state index contributed by atoms with van der Waals surface area (Å²) in [6.07, 6.45) is 6.17. The van der Waals surface area contributed by atoms with E-state index < -0.39 is 60.9 Å². The summed E-state index contributed by atoms with van der Waals surface area (Å²) in [5, 5.41) is 42.7. The number of likely N-dealkylation sites (tertiary alicyclic amines) is 1. The predicted octanol–water partition coefficient (Wildman–Crippen LogP) is 11.3. The Labute approximate surface area is 643 Å². The summed E-state index contributed by atoms with van der Waals surface area (Å²) in [6, 6.07) is 33.8. The molecule has 0 unspecified atom stereocenters. The number of hydrogen-bond donors (Lipinski definition) is 6. The third kappa shape index (κ3) is 22.7. The first-order valence-corrected chi connectivity index (χ1v) is 41.1. The number of aryl methyl sites for hydroxylation is 1. The van der Waals surface area contributed by atoms with Gasteiger partial charge in [-0.05, 0) is 160 Å². The topological polar surface area (TPSA) is 284 Å². The number of β-amino-alcohol motifs (C(OH)–C–C–N with tert-alkyl or cyclic N) is 1. The van der Waals surface area contributed by atoms with E-state index >= 15 is 0 Å². The van der Waals surface area contributed by atoms with Crippen molar-refractivity contribution in [2.45, 2.75) is 152 Å². The number of carbonyl (C=O) groups excluding carboxylic acids is 5. The zero-order chi connectivity index (χ0) is 76.6. The number of aliphatic hydroxyl groups excluding tert-OH is 2. The van der Waals surface area contributed by atoms with Crippen molar-refractivity contribution >= 4 is 96.9 Å². The predicted molar refractivity (Wildman–Crippen MR) is 424 cm³/mol. The molecule has 1 aliphatic carbocycles. The van der Waals surface area contributed by atoms with Gasteiger partial charge in [0.25, 0.3) is 21.6 Å². The second kappa shape index (κ2) is 37.6. The lowest BCUT2D eigenvalue weighted by Crippen LogP contribution is -2.57. The Balaban J connectivity index is 0.649. The molecule has 5 aromatic carbocycles. The van der Waals surface area contributed by atoms with Gasteiger partial charge in [-0.25, -0.2) is 18.1 Å². The van der Waals surface area contributed by atoms with Crippen LogP contribution in [-0.4, -0.2) is 211 Å². The normalized spacial score (nSPS) is 19.1. The molecule has 4 heterocycles. The van der Waals surface area contributed by atoms with Crippen molar-refractivity contribution in [3.05, 3.63) is 170 Å². The number of sulfonamides is 1. The smallest absolute Gasteiger partial charge is 0.293 e. The number of nitrogens with one attached hydrogen (secondary N) is 4. The van der Waals surface area contributed by atoms with Gasteiger partial charge in [-0.15, -0.1) is 23.1 Å². The minimum absolute atomic E-state index is 0.00662. The fourth-order valence-corrected chi connectivity index (χ4v) is 17.8. The number of carbonyl (C=O) groups is 5. The minimum atomic E-state index is -4.53. The largest absolute Gasteiger partial charge is 0.395 e. The van der Waals surface area contributed by atoms with E-state index in [1.54, 1.807) is 35.2 Å². The van der Waals surface area contributed by atoms with E-state index in [4.69, 9.17) is 11.6 Å². The Kier molecular flexibility index (Phi) is 28.7. The monoisotopic (exact) mass is 1540 g/mol. The number of allylic oxidation sites excluding steroid dienone is 1. The number of anilines is 2. The van der Waals surface area contributed by atoms with Gasteiger partial charge in [-0.3, -0.25) is 43.9 Å². The zero-order valence-corrected chi connectivity index (χ0v) is 65.9. The van der Waals surface area contributed by atoms with Crippen molar-refractivity contribution in [1.82, 2.24) is 44.8 Å². The zero-order valence-electron chi connectivity index (χ0n) is 62.6. The average molecular weight is 1540 g/mol. The van der Waals surface area contributed by atoms with Gasteiger partial charge in [-0.2, -0.15) is 0 Å². The van der Waals surface area contributed by atoms with Crippen LogP contribution in [0.5, 0.6) is 0 Å². The van der Waals surface area contributed by atoms with Crippen LogP contribution in [0.1, 0.15) is 138 Å². The Bertz CT molecular complexity index is 4170. The van der Waals surface area contributed by atoms with Gasteiger partial charge in [-0.1, -0.05) is 112 Å². The van der Waals surface area contributed by atoms with Crippen LogP contribution >= 0.6 is 34.7 Å². The van der Waals surface area contributed by atoms with E-state index in [1.165, 1.54) is 33.7 Å². The van der Waals surface area contributed by atoms with Crippen molar-refractivity contribution in [2.24, 2.45) is 10.8 Å². The highest BCUT2D eigenvalue weighted by atomic mass is 35.5. The van der Waals surface area contributed by atoms with Crippen molar-refractivity contribution in [1.29, 1.82) is 0 Å². The highest BCUT2D eigenvalue weighted by Crippen LogP contribution is 2.44. The molecule has 0 saturated carbocycles. The first-order valence-electron chi connectivity index (χ1n) is 37.3. The van der Waals surface area contributed by atoms with Crippen LogP contribution in [0.2, 0.25) is 5.02 Å². The van der Waals surface area contributed by atoms with E-state index in [0.29, 0.717) is 62.6 Å². The lowest BCUT2D eigenvalue weighted by molar-refractivity contribution is -0.384. The number of nitrogens with zero attached hydrogens (tertiary/aromatic N) is 8. The lowest BCUT2D eigenvalue weighted by atomic mass is 9.71. The molecule has 0 bridgehead atoms. The van der Waals surface area contributed by atoms with Gasteiger partial charge >= 0.3 is 0 Å². The average Bonchev–Trinajstić information content (AvgIpc) is 1.37. The van der Waals surface area contributed by atoms with Gasteiger partial charge in [0.15, 0.2) is 0 Å². The molecule has 576 valence electrons. The fraction of sp³-hybridized carbons (Fsp3) is 0.500. The number of thiazole rings is 1. The molecule has 10 rings (SSSR count). The molecule has 3 saturated heterocycles. The number of likely N-dealkylation sites (N-methyl/N-ethyl adjacent to an activating group) is 1. The van der Waals surface area contributed by atoms with Crippen LogP contribution in [0.3, 0.4) is 0 Å². The van der Waals surface area contributed by atoms with Gasteiger partial charge < -0.3 is 45.8 Å². The molecule has 4 aliphatic rings. The molecule has 6 atom stereocenters. The number of aromatic nitrogens is 1. The van der Waals surface area contributed by atoms with Crippen LogP contribution in [0.15, 0.2) is 142 Å². The van der Waals surface area contributed by atoms with E-state index in [-0.39, 0.29) is 72.5 Å². The van der Waals surface area contributed by atoms with Gasteiger partial charge in [0, 0.05) is 137 Å². The summed E-state index contributed by atoms with van der Waals surface area (Å²) in [7, 11) is -2.65. The molecule has 3 aliphatic heterocycles. The lowest BCUT2D eigenvalue weighted by Gasteiger charge is -2.44. The standard InChI is InChI=1S/C80H105ClN12O11S3/c1-55(57-19-21-59(22-20-57)74-56(2)82-54-106-74)83-77(99)71-47-65(95)51-92(71)78(100)75(79(3,4)5)85-72(96)17-13-8-9-14-18-73(97)91-43-39-89(40-44-91)53-80(6)35-33-68(58-23-27-62(81)28-24-58)61(49-80)50-88-37-41-90(42-38-88)64-29-25-60(26-30-64)76(98)86-107(103,104)67-31-32-69(70(48-67)93(101)102)84-63(34-36-87(7)45-46-94)52-105-66-15-11-10-12-16-66/h10-12,15-16,19-32,48,54-55,63,65,71,75,84,94-95H,8-9,13-14,17-18,33-47,49-53H2,1-7H3,(H,83,99)(H,85,96)(H,86,98)/t55-,63+,65+,71-,75+,80+/m0/s1. The maximum absolute atomic E-state index is 14.3. The molecule has 23 nitrogen and oxygen atoms in total. The van der Waals surface area contributed by atoms with Crippen LogP contribution in [-0.2, 0) is 29.2 Å². The second-order valence-electron chi connectivity index (χ2n) is 30.5. The Morgan fingerprint density at radius 3 is 2.17 bits per heavy atom.